The molecular weight excluding hydrogens is 517 g/mol. The number of thiophene rings is 1. The van der Waals surface area contributed by atoms with Gasteiger partial charge in [0, 0.05) is 42.2 Å². The topological polar surface area (TPSA) is 79.3 Å². The molecule has 0 aliphatic carbocycles. The molecule has 0 aliphatic heterocycles. The Kier molecular flexibility index (Phi) is 8.05. The zero-order valence-electron chi connectivity index (χ0n) is 19.2. The zero-order valence-corrected chi connectivity index (χ0v) is 22.3. The van der Waals surface area contributed by atoms with Gasteiger partial charge in [-0.25, -0.2) is 5.06 Å². The lowest BCUT2D eigenvalue weighted by atomic mass is 9.98. The molecule has 1 aromatic heterocycles. The fraction of sp³-hybridized carbons (Fsp3) is 0.217. The van der Waals surface area contributed by atoms with Crippen LogP contribution in [0.2, 0.25) is 10.0 Å². The second kappa shape index (κ2) is 10.5. The van der Waals surface area contributed by atoms with E-state index in [4.69, 9.17) is 28.0 Å². The average Bonchev–Trinajstić information content (AvgIpc) is 3.13. The Labute approximate surface area is 213 Å². The first-order chi connectivity index (χ1) is 16.0. The lowest BCUT2D eigenvalue weighted by Gasteiger charge is -2.14. The molecule has 34 heavy (non-hydrogen) atoms. The zero-order chi connectivity index (χ0) is 25.2. The summed E-state index contributed by atoms with van der Waals surface area (Å²) in [6, 6.07) is 11.4. The van der Waals surface area contributed by atoms with Gasteiger partial charge in [-0.3, -0.25) is 9.63 Å². The first-order valence-electron chi connectivity index (χ1n) is 9.94. The lowest BCUT2D eigenvalue weighted by Crippen LogP contribution is -2.25. The van der Waals surface area contributed by atoms with Crippen LogP contribution < -0.4 is 0 Å². The number of hydroxylamine groups is 2. The third kappa shape index (κ3) is 5.45. The van der Waals surface area contributed by atoms with Crippen molar-refractivity contribution in [2.24, 2.45) is 4.40 Å². The third-order valence-corrected chi connectivity index (χ3v) is 8.03. The molecule has 0 N–H and O–H groups in total. The Morgan fingerprint density at radius 2 is 1.74 bits per heavy atom. The summed E-state index contributed by atoms with van der Waals surface area (Å²) in [5, 5.41) is 2.10. The molecule has 0 bridgehead atoms. The van der Waals surface area contributed by atoms with Crippen LogP contribution in [-0.4, -0.2) is 58.9 Å². The van der Waals surface area contributed by atoms with E-state index in [2.05, 4.69) is 4.40 Å². The van der Waals surface area contributed by atoms with Crippen molar-refractivity contribution in [2.45, 2.75) is 11.8 Å². The van der Waals surface area contributed by atoms with E-state index in [1.54, 1.807) is 44.4 Å². The fourth-order valence-corrected chi connectivity index (χ4v) is 5.99. The fourth-order valence-electron chi connectivity index (χ4n) is 3.18. The number of amides is 1. The van der Waals surface area contributed by atoms with Crippen LogP contribution in [0.3, 0.4) is 0 Å². The Bertz CT molecular complexity index is 1350. The maximum absolute atomic E-state index is 13.1. The molecule has 0 spiro atoms. The number of sulfonamides is 1. The van der Waals surface area contributed by atoms with Gasteiger partial charge in [-0.15, -0.1) is 15.7 Å². The predicted molar refractivity (Wildman–Crippen MR) is 138 cm³/mol. The minimum atomic E-state index is -3.85. The molecule has 180 valence electrons. The van der Waals surface area contributed by atoms with Crippen LogP contribution in [0.4, 0.5) is 0 Å². The van der Waals surface area contributed by atoms with Crippen LogP contribution in [-0.2, 0) is 14.9 Å². The average molecular weight is 540 g/mol. The molecule has 0 unspecified atom stereocenters. The van der Waals surface area contributed by atoms with Crippen LogP contribution in [0.5, 0.6) is 0 Å². The van der Waals surface area contributed by atoms with E-state index in [-0.39, 0.29) is 10.8 Å². The summed E-state index contributed by atoms with van der Waals surface area (Å²) < 4.78 is 28.6. The minimum absolute atomic E-state index is 0.0464. The van der Waals surface area contributed by atoms with Crippen molar-refractivity contribution in [1.82, 2.24) is 9.96 Å². The summed E-state index contributed by atoms with van der Waals surface area (Å²) in [6.07, 6.45) is 1.23. The van der Waals surface area contributed by atoms with E-state index in [1.165, 1.54) is 48.9 Å². The van der Waals surface area contributed by atoms with Gasteiger partial charge >= 0.3 is 0 Å². The van der Waals surface area contributed by atoms with Crippen molar-refractivity contribution in [2.75, 3.05) is 28.3 Å². The van der Waals surface area contributed by atoms with Crippen molar-refractivity contribution in [3.8, 4) is 21.6 Å². The van der Waals surface area contributed by atoms with Crippen molar-refractivity contribution in [3.63, 3.8) is 0 Å². The summed E-state index contributed by atoms with van der Waals surface area (Å²) in [6.45, 7) is 1.89. The molecule has 2 aromatic carbocycles. The summed E-state index contributed by atoms with van der Waals surface area (Å²) in [4.78, 5) is 21.0. The van der Waals surface area contributed by atoms with Crippen LogP contribution in [0.1, 0.15) is 15.2 Å². The molecule has 0 saturated carbocycles. The number of rotatable bonds is 7. The first kappa shape index (κ1) is 26.2. The summed E-state index contributed by atoms with van der Waals surface area (Å²) in [7, 11) is 2.44. The SMILES string of the molecule is CON(C)C(=O)c1sc(-c2ccc(Cl)cc2Cl)c(C)c1-c1ccc(S(=O)(=O)/N=C/N(C)C)cc1. The molecule has 11 heteroatoms. The number of carbonyl (C=O) groups is 1. The van der Waals surface area contributed by atoms with Gasteiger partial charge in [-0.05, 0) is 42.3 Å². The highest BCUT2D eigenvalue weighted by Crippen LogP contribution is 2.45. The van der Waals surface area contributed by atoms with E-state index < -0.39 is 10.0 Å². The maximum atomic E-state index is 13.1. The van der Waals surface area contributed by atoms with E-state index >= 15 is 0 Å². The van der Waals surface area contributed by atoms with Gasteiger partial charge in [-0.2, -0.15) is 8.42 Å². The van der Waals surface area contributed by atoms with E-state index in [0.29, 0.717) is 26.0 Å². The van der Waals surface area contributed by atoms with E-state index in [1.807, 2.05) is 6.92 Å². The van der Waals surface area contributed by atoms with Crippen molar-refractivity contribution >= 4 is 56.8 Å². The van der Waals surface area contributed by atoms with Crippen LogP contribution >= 0.6 is 34.5 Å². The Morgan fingerprint density at radius 3 is 2.29 bits per heavy atom. The molecule has 1 amide bonds. The van der Waals surface area contributed by atoms with Gasteiger partial charge in [0.05, 0.1) is 17.0 Å². The number of nitrogens with zero attached hydrogens (tertiary/aromatic N) is 3. The molecule has 0 radical (unpaired) electrons. The Hall–Kier alpha value is -2.43. The standard InChI is InChI=1S/C23H23Cl2N3O4S2/c1-14-20(15-6-9-17(10-7-15)34(30,31)26-13-27(2)3)22(23(29)28(4)32-5)33-21(14)18-11-8-16(24)12-19(18)25/h6-13H,1-5H3/b26-13+. The predicted octanol–water partition coefficient (Wildman–Crippen LogP) is 5.61. The maximum Gasteiger partial charge on any atom is 0.287 e. The van der Waals surface area contributed by atoms with Gasteiger partial charge in [0.15, 0.2) is 0 Å². The van der Waals surface area contributed by atoms with Gasteiger partial charge in [0.2, 0.25) is 0 Å². The molecule has 3 rings (SSSR count). The summed E-state index contributed by atoms with van der Waals surface area (Å²) in [5.41, 5.74) is 2.91. The molecular formula is C23H23Cl2N3O4S2. The minimum Gasteiger partial charge on any atom is -0.368 e. The number of halogens is 2. The number of hydrogen-bond donors (Lipinski definition) is 0. The Balaban J connectivity index is 2.16. The van der Waals surface area contributed by atoms with Crippen LogP contribution in [0.15, 0.2) is 51.8 Å². The molecule has 0 aliphatic rings. The second-order valence-electron chi connectivity index (χ2n) is 7.55. The van der Waals surface area contributed by atoms with Gasteiger partial charge < -0.3 is 4.90 Å². The largest absolute Gasteiger partial charge is 0.368 e. The van der Waals surface area contributed by atoms with E-state index in [9.17, 15) is 13.2 Å². The summed E-state index contributed by atoms with van der Waals surface area (Å²) >= 11 is 13.8. The molecule has 7 nitrogen and oxygen atoms in total. The number of hydrogen-bond acceptors (Lipinski definition) is 5. The van der Waals surface area contributed by atoms with Gasteiger partial charge in [0.25, 0.3) is 15.9 Å². The highest BCUT2D eigenvalue weighted by molar-refractivity contribution is 7.90. The summed E-state index contributed by atoms with van der Waals surface area (Å²) in [5.74, 6) is -0.339. The van der Waals surface area contributed by atoms with Crippen LogP contribution in [0.25, 0.3) is 21.6 Å². The van der Waals surface area contributed by atoms with Crippen molar-refractivity contribution < 1.29 is 18.0 Å². The smallest absolute Gasteiger partial charge is 0.287 e. The quantitative estimate of drug-likeness (QED) is 0.221. The normalized spacial score (nSPS) is 11.7. The highest BCUT2D eigenvalue weighted by Gasteiger charge is 2.26. The second-order valence-corrected chi connectivity index (χ2v) is 11.1. The number of benzene rings is 2. The van der Waals surface area contributed by atoms with Crippen molar-refractivity contribution in [3.05, 3.63) is 63.0 Å². The Morgan fingerprint density at radius 1 is 1.09 bits per heavy atom. The monoisotopic (exact) mass is 539 g/mol. The van der Waals surface area contributed by atoms with E-state index in [0.717, 1.165) is 21.1 Å². The molecule has 3 aromatic rings. The molecule has 0 saturated heterocycles. The third-order valence-electron chi connectivity index (χ3n) is 4.93. The highest BCUT2D eigenvalue weighted by atomic mass is 35.5. The lowest BCUT2D eigenvalue weighted by molar-refractivity contribution is -0.0753. The van der Waals surface area contributed by atoms with Crippen molar-refractivity contribution in [1.29, 1.82) is 0 Å². The molecule has 0 atom stereocenters. The molecule has 0 fully saturated rings. The molecule has 1 heterocycles. The number of carbonyl (C=O) groups excluding carboxylic acids is 1. The first-order valence-corrected chi connectivity index (χ1v) is 13.0. The van der Waals surface area contributed by atoms with Gasteiger partial charge in [-0.1, -0.05) is 41.4 Å². The van der Waals surface area contributed by atoms with Crippen LogP contribution in [0, 0.1) is 6.92 Å². The van der Waals surface area contributed by atoms with Gasteiger partial charge in [0.1, 0.15) is 11.2 Å².